The number of nitrogens with one attached hydrogen (secondary N) is 3. The summed E-state index contributed by atoms with van der Waals surface area (Å²) in [4.78, 5) is 54.0. The first-order valence-corrected chi connectivity index (χ1v) is 12.7. The molecule has 0 aromatic heterocycles. The highest BCUT2D eigenvalue weighted by atomic mass is 32.1. The summed E-state index contributed by atoms with van der Waals surface area (Å²) in [6.07, 6.45) is 1.06. The number of carbonyl (C=O) groups excluding carboxylic acids is 3. The molecule has 37 heavy (non-hydrogen) atoms. The quantitative estimate of drug-likeness (QED) is 0.0572. The van der Waals surface area contributed by atoms with Gasteiger partial charge in [0.1, 0.15) is 18.1 Å². The lowest BCUT2D eigenvalue weighted by atomic mass is 10.0. The Hall–Kier alpha value is -3.32. The number of nitrogens with zero attached hydrogens (tertiary/aromatic N) is 1. The van der Waals surface area contributed by atoms with Crippen molar-refractivity contribution in [3.8, 4) is 0 Å². The highest BCUT2D eigenvalue weighted by Gasteiger charge is 2.30. The van der Waals surface area contributed by atoms with Crippen LogP contribution in [0, 0.1) is 5.92 Å². The molecule has 3 amide bonds. The van der Waals surface area contributed by atoms with Crippen LogP contribution < -0.4 is 33.2 Å². The van der Waals surface area contributed by atoms with E-state index in [-0.39, 0.29) is 43.4 Å². The van der Waals surface area contributed by atoms with Gasteiger partial charge < -0.3 is 38.3 Å². The maximum absolute atomic E-state index is 13.2. The van der Waals surface area contributed by atoms with Crippen LogP contribution in [0.3, 0.4) is 0 Å². The van der Waals surface area contributed by atoms with Gasteiger partial charge in [-0.1, -0.05) is 44.2 Å². The maximum Gasteiger partial charge on any atom is 0.327 e. The molecule has 1 rings (SSSR count). The molecular formula is C24H39N7O5S. The van der Waals surface area contributed by atoms with Gasteiger partial charge in [-0.3, -0.25) is 19.4 Å². The van der Waals surface area contributed by atoms with E-state index in [1.165, 1.54) is 0 Å². The number of carboxylic acids is 1. The normalized spacial score (nSPS) is 14.1. The fraction of sp³-hybridized carbons (Fsp3) is 0.542. The number of carbonyl (C=O) groups is 4. The molecule has 0 radical (unpaired) electrons. The SMILES string of the molecule is CC(C)CC(NC(=O)C(CCCN=C(N)N)NC(=O)C(N)Cc1ccccc1)C(=O)NC(CS)C(=O)O. The van der Waals surface area contributed by atoms with Gasteiger partial charge in [0.15, 0.2) is 5.96 Å². The van der Waals surface area contributed by atoms with Crippen LogP contribution in [0.5, 0.6) is 0 Å². The molecule has 1 aromatic carbocycles. The lowest BCUT2D eigenvalue weighted by Crippen LogP contribution is -2.57. The molecule has 10 N–H and O–H groups in total. The summed E-state index contributed by atoms with van der Waals surface area (Å²) < 4.78 is 0. The molecule has 0 heterocycles. The van der Waals surface area contributed by atoms with Gasteiger partial charge in [0.2, 0.25) is 17.7 Å². The monoisotopic (exact) mass is 537 g/mol. The average molecular weight is 538 g/mol. The third-order valence-electron chi connectivity index (χ3n) is 5.35. The number of guanidine groups is 1. The number of aliphatic imine (C=N–C) groups is 1. The Balaban J connectivity index is 2.99. The summed E-state index contributed by atoms with van der Waals surface area (Å²) in [6, 6.07) is 5.05. The first-order chi connectivity index (χ1) is 17.4. The number of aliphatic carboxylic acids is 1. The minimum absolute atomic E-state index is 0.00420. The molecule has 0 spiro atoms. The van der Waals surface area contributed by atoms with Gasteiger partial charge >= 0.3 is 5.97 Å². The molecule has 1 aromatic rings. The highest BCUT2D eigenvalue weighted by molar-refractivity contribution is 7.80. The summed E-state index contributed by atoms with van der Waals surface area (Å²) in [5.74, 6) is -3.25. The Kier molecular flexibility index (Phi) is 14.1. The topological polar surface area (TPSA) is 215 Å². The van der Waals surface area contributed by atoms with Gasteiger partial charge in [-0.15, -0.1) is 0 Å². The van der Waals surface area contributed by atoms with E-state index in [9.17, 15) is 24.3 Å². The van der Waals surface area contributed by atoms with Crippen LogP contribution in [0.25, 0.3) is 0 Å². The first kappa shape index (κ1) is 31.7. The number of hydrogen-bond acceptors (Lipinski definition) is 7. The molecule has 13 heteroatoms. The minimum atomic E-state index is -1.24. The summed E-state index contributed by atoms with van der Waals surface area (Å²) >= 11 is 3.95. The molecule has 4 atom stereocenters. The van der Waals surface area contributed by atoms with E-state index < -0.39 is 47.9 Å². The number of thiol groups is 1. The Morgan fingerprint density at radius 1 is 0.946 bits per heavy atom. The van der Waals surface area contributed by atoms with Crippen molar-refractivity contribution in [1.29, 1.82) is 0 Å². The number of nitrogens with two attached hydrogens (primary N) is 3. The molecule has 0 bridgehead atoms. The zero-order chi connectivity index (χ0) is 28.0. The largest absolute Gasteiger partial charge is 0.480 e. The highest BCUT2D eigenvalue weighted by Crippen LogP contribution is 2.09. The molecular weight excluding hydrogens is 498 g/mol. The first-order valence-electron chi connectivity index (χ1n) is 12.0. The number of benzene rings is 1. The van der Waals surface area contributed by atoms with Crippen molar-refractivity contribution in [2.45, 2.75) is 63.7 Å². The molecule has 0 saturated carbocycles. The summed E-state index contributed by atoms with van der Waals surface area (Å²) in [6.45, 7) is 3.95. The number of rotatable bonds is 16. The molecule has 12 nitrogen and oxygen atoms in total. The van der Waals surface area contributed by atoms with Crippen molar-refractivity contribution in [3.05, 3.63) is 35.9 Å². The van der Waals surface area contributed by atoms with Crippen molar-refractivity contribution < 1.29 is 24.3 Å². The Labute approximate surface area is 222 Å². The van der Waals surface area contributed by atoms with E-state index in [0.29, 0.717) is 6.42 Å². The van der Waals surface area contributed by atoms with E-state index >= 15 is 0 Å². The minimum Gasteiger partial charge on any atom is -0.480 e. The van der Waals surface area contributed by atoms with E-state index in [0.717, 1.165) is 5.56 Å². The smallest absolute Gasteiger partial charge is 0.327 e. The zero-order valence-corrected chi connectivity index (χ0v) is 22.1. The Bertz CT molecular complexity index is 925. The van der Waals surface area contributed by atoms with E-state index in [1.807, 2.05) is 44.2 Å². The number of hydrogen-bond donors (Lipinski definition) is 8. The van der Waals surface area contributed by atoms with Crippen LogP contribution in [0.2, 0.25) is 0 Å². The molecule has 0 fully saturated rings. The molecule has 4 unspecified atom stereocenters. The van der Waals surface area contributed by atoms with Gasteiger partial charge in [-0.2, -0.15) is 12.6 Å². The fourth-order valence-electron chi connectivity index (χ4n) is 3.44. The lowest BCUT2D eigenvalue weighted by Gasteiger charge is -2.26. The van der Waals surface area contributed by atoms with Gasteiger partial charge in [-0.05, 0) is 37.2 Å². The van der Waals surface area contributed by atoms with Gasteiger partial charge in [0.05, 0.1) is 6.04 Å². The van der Waals surface area contributed by atoms with Crippen LogP contribution in [-0.4, -0.2) is 71.2 Å². The second-order valence-electron chi connectivity index (χ2n) is 9.08. The average Bonchev–Trinajstić information content (AvgIpc) is 2.83. The molecule has 0 aliphatic carbocycles. The van der Waals surface area contributed by atoms with E-state index in [2.05, 4.69) is 33.6 Å². The summed E-state index contributed by atoms with van der Waals surface area (Å²) in [5, 5.41) is 16.9. The summed E-state index contributed by atoms with van der Waals surface area (Å²) in [5.41, 5.74) is 17.6. The Morgan fingerprint density at radius 2 is 1.51 bits per heavy atom. The number of amides is 3. The lowest BCUT2D eigenvalue weighted by molar-refractivity contribution is -0.141. The summed E-state index contributed by atoms with van der Waals surface area (Å²) in [7, 11) is 0. The van der Waals surface area contributed by atoms with Gasteiger partial charge in [0, 0.05) is 12.3 Å². The second kappa shape index (κ2) is 16.4. The second-order valence-corrected chi connectivity index (χ2v) is 9.44. The van der Waals surface area contributed by atoms with E-state index in [1.54, 1.807) is 0 Å². The standard InChI is InChI=1S/C24H39N7O5S/c1-14(2)11-18(22(34)31-19(13-37)23(35)36)30-21(33)17(9-6-10-28-24(26)27)29-20(32)16(25)12-15-7-4-3-5-8-15/h3-5,7-8,14,16-19,37H,6,9-13,25H2,1-2H3,(H,29,32)(H,30,33)(H,31,34)(H,35,36)(H4,26,27,28). The van der Waals surface area contributed by atoms with E-state index in [4.69, 9.17) is 17.2 Å². The van der Waals surface area contributed by atoms with Crippen LogP contribution in [-0.2, 0) is 25.6 Å². The fourth-order valence-corrected chi connectivity index (χ4v) is 3.69. The van der Waals surface area contributed by atoms with Crippen molar-refractivity contribution >= 4 is 42.3 Å². The molecule has 0 aliphatic heterocycles. The predicted molar refractivity (Wildman–Crippen MR) is 145 cm³/mol. The predicted octanol–water partition coefficient (Wildman–Crippen LogP) is -0.875. The molecule has 0 aliphatic rings. The van der Waals surface area contributed by atoms with Crippen LogP contribution in [0.1, 0.15) is 38.7 Å². The zero-order valence-electron chi connectivity index (χ0n) is 21.2. The van der Waals surface area contributed by atoms with Crippen molar-refractivity contribution in [1.82, 2.24) is 16.0 Å². The third kappa shape index (κ3) is 12.5. The van der Waals surface area contributed by atoms with Crippen molar-refractivity contribution in [2.24, 2.45) is 28.1 Å². The van der Waals surface area contributed by atoms with Crippen LogP contribution in [0.15, 0.2) is 35.3 Å². The van der Waals surface area contributed by atoms with Crippen molar-refractivity contribution in [3.63, 3.8) is 0 Å². The molecule has 0 saturated heterocycles. The third-order valence-corrected chi connectivity index (χ3v) is 5.72. The van der Waals surface area contributed by atoms with Crippen LogP contribution >= 0.6 is 12.6 Å². The van der Waals surface area contributed by atoms with Gasteiger partial charge in [-0.25, -0.2) is 4.79 Å². The van der Waals surface area contributed by atoms with Crippen molar-refractivity contribution in [2.75, 3.05) is 12.3 Å². The number of carboxylic acid groups (broad SMARTS) is 1. The molecule has 206 valence electrons. The Morgan fingerprint density at radius 3 is 2.05 bits per heavy atom. The maximum atomic E-state index is 13.2. The van der Waals surface area contributed by atoms with Gasteiger partial charge in [0.25, 0.3) is 0 Å². The van der Waals surface area contributed by atoms with Crippen LogP contribution in [0.4, 0.5) is 0 Å².